The molecule has 0 radical (unpaired) electrons. The molecule has 0 spiro atoms. The molecule has 2 nitrogen and oxygen atoms in total. The van der Waals surface area contributed by atoms with Crippen LogP contribution in [0, 0.1) is 3.57 Å². The molecule has 1 fully saturated rings. The van der Waals surface area contributed by atoms with E-state index in [4.69, 9.17) is 11.6 Å². The second-order valence-corrected chi connectivity index (χ2v) is 5.09. The first-order chi connectivity index (χ1) is 6.65. The molecule has 0 bridgehead atoms. The first-order valence-corrected chi connectivity index (χ1v) is 5.88. The predicted molar refractivity (Wildman–Crippen MR) is 64.7 cm³/mol. The van der Waals surface area contributed by atoms with E-state index >= 15 is 0 Å². The molecule has 1 saturated carbocycles. The van der Waals surface area contributed by atoms with E-state index in [2.05, 4.69) is 27.9 Å². The van der Waals surface area contributed by atoms with Crippen molar-refractivity contribution in [3.8, 4) is 0 Å². The van der Waals surface area contributed by atoms with E-state index in [0.717, 1.165) is 16.4 Å². The summed E-state index contributed by atoms with van der Waals surface area (Å²) in [6.45, 7) is 0. The maximum absolute atomic E-state index is 11.6. The van der Waals surface area contributed by atoms with Crippen molar-refractivity contribution >= 4 is 40.1 Å². The summed E-state index contributed by atoms with van der Waals surface area (Å²) in [5.74, 6) is -0.0204. The zero-order valence-corrected chi connectivity index (χ0v) is 10.3. The molecule has 0 heterocycles. The molecule has 0 aliphatic heterocycles. The predicted octanol–water partition coefficient (Wildman–Crippen LogP) is 2.84. The molecule has 1 aliphatic rings. The second-order valence-electron chi connectivity index (χ2n) is 3.41. The van der Waals surface area contributed by atoms with E-state index in [-0.39, 0.29) is 5.91 Å². The van der Waals surface area contributed by atoms with E-state index in [1.54, 1.807) is 6.07 Å². The summed E-state index contributed by atoms with van der Waals surface area (Å²) in [5, 5.41) is 3.53. The zero-order chi connectivity index (χ0) is 10.1. The third-order valence-corrected chi connectivity index (χ3v) is 2.88. The van der Waals surface area contributed by atoms with Gasteiger partial charge in [-0.1, -0.05) is 11.6 Å². The van der Waals surface area contributed by atoms with Crippen molar-refractivity contribution in [2.24, 2.45) is 0 Å². The quantitative estimate of drug-likeness (QED) is 0.834. The lowest BCUT2D eigenvalue weighted by Crippen LogP contribution is -2.25. The number of rotatable bonds is 2. The Morgan fingerprint density at radius 3 is 2.71 bits per heavy atom. The Morgan fingerprint density at radius 2 is 2.14 bits per heavy atom. The summed E-state index contributed by atoms with van der Waals surface area (Å²) in [6, 6.07) is 5.75. The lowest BCUT2D eigenvalue weighted by atomic mass is 10.2. The Kier molecular flexibility index (Phi) is 2.97. The average Bonchev–Trinajstić information content (AvgIpc) is 2.86. The highest BCUT2D eigenvalue weighted by Crippen LogP contribution is 2.21. The van der Waals surface area contributed by atoms with E-state index in [1.165, 1.54) is 0 Å². The minimum atomic E-state index is -0.0204. The summed E-state index contributed by atoms with van der Waals surface area (Å²) in [5.41, 5.74) is 0.647. The Balaban J connectivity index is 2.17. The van der Waals surface area contributed by atoms with Crippen LogP contribution in [0.3, 0.4) is 0 Å². The maximum atomic E-state index is 11.6. The van der Waals surface area contributed by atoms with Crippen LogP contribution in [0.5, 0.6) is 0 Å². The van der Waals surface area contributed by atoms with Crippen LogP contribution in [0.2, 0.25) is 5.02 Å². The summed E-state index contributed by atoms with van der Waals surface area (Å²) in [4.78, 5) is 11.6. The SMILES string of the molecule is O=C(NC1CC1)c1cc(Cl)cc(I)c1. The molecule has 74 valence electrons. The molecule has 1 aromatic rings. The highest BCUT2D eigenvalue weighted by molar-refractivity contribution is 14.1. The van der Waals surface area contributed by atoms with Gasteiger partial charge >= 0.3 is 0 Å². The Hall–Kier alpha value is -0.290. The van der Waals surface area contributed by atoms with E-state index in [0.29, 0.717) is 16.6 Å². The molecule has 4 heteroatoms. The third kappa shape index (κ3) is 2.60. The minimum Gasteiger partial charge on any atom is -0.349 e. The number of hydrogen-bond donors (Lipinski definition) is 1. The zero-order valence-electron chi connectivity index (χ0n) is 7.39. The Bertz CT molecular complexity index is 356. The summed E-state index contributed by atoms with van der Waals surface area (Å²) in [6.07, 6.45) is 2.20. The molecule has 0 aromatic heterocycles. The van der Waals surface area contributed by atoms with E-state index in [1.807, 2.05) is 12.1 Å². The molecule has 1 aliphatic carbocycles. The summed E-state index contributed by atoms with van der Waals surface area (Å²) >= 11 is 8.01. The van der Waals surface area contributed by atoms with Gasteiger partial charge in [-0.25, -0.2) is 0 Å². The van der Waals surface area contributed by atoms with Crippen LogP contribution in [-0.2, 0) is 0 Å². The number of benzene rings is 1. The van der Waals surface area contributed by atoms with Gasteiger partial charge in [0.05, 0.1) is 0 Å². The first kappa shape index (κ1) is 10.2. The van der Waals surface area contributed by atoms with Gasteiger partial charge in [-0.2, -0.15) is 0 Å². The van der Waals surface area contributed by atoms with Gasteiger partial charge in [0.2, 0.25) is 0 Å². The van der Waals surface area contributed by atoms with Crippen LogP contribution >= 0.6 is 34.2 Å². The van der Waals surface area contributed by atoms with Crippen LogP contribution in [-0.4, -0.2) is 11.9 Å². The topological polar surface area (TPSA) is 29.1 Å². The van der Waals surface area contributed by atoms with Crippen molar-refractivity contribution < 1.29 is 4.79 Å². The lowest BCUT2D eigenvalue weighted by Gasteiger charge is -2.04. The smallest absolute Gasteiger partial charge is 0.251 e. The highest BCUT2D eigenvalue weighted by atomic mass is 127. The van der Waals surface area contributed by atoms with Crippen molar-refractivity contribution in [1.82, 2.24) is 5.32 Å². The molecule has 14 heavy (non-hydrogen) atoms. The van der Waals surface area contributed by atoms with Crippen molar-refractivity contribution in [1.29, 1.82) is 0 Å². The fraction of sp³-hybridized carbons (Fsp3) is 0.300. The fourth-order valence-corrected chi connectivity index (χ4v) is 2.27. The molecule has 0 unspecified atom stereocenters. The number of nitrogens with one attached hydrogen (secondary N) is 1. The van der Waals surface area contributed by atoms with Crippen LogP contribution < -0.4 is 5.32 Å². The van der Waals surface area contributed by atoms with Gasteiger partial charge in [-0.15, -0.1) is 0 Å². The number of amides is 1. The molecule has 0 saturated heterocycles. The van der Waals surface area contributed by atoms with Gasteiger partial charge in [0.15, 0.2) is 0 Å². The first-order valence-electron chi connectivity index (χ1n) is 4.42. The van der Waals surface area contributed by atoms with Gasteiger partial charge in [-0.05, 0) is 53.6 Å². The molecule has 2 rings (SSSR count). The molecular formula is C10H9ClINO. The largest absolute Gasteiger partial charge is 0.349 e. The van der Waals surface area contributed by atoms with Gasteiger partial charge in [0, 0.05) is 20.2 Å². The van der Waals surface area contributed by atoms with Gasteiger partial charge in [-0.3, -0.25) is 4.79 Å². The van der Waals surface area contributed by atoms with Crippen LogP contribution in [0.25, 0.3) is 0 Å². The monoisotopic (exact) mass is 321 g/mol. The number of hydrogen-bond acceptors (Lipinski definition) is 1. The molecule has 1 amide bonds. The summed E-state index contributed by atoms with van der Waals surface area (Å²) in [7, 11) is 0. The van der Waals surface area contributed by atoms with Crippen molar-refractivity contribution in [3.63, 3.8) is 0 Å². The third-order valence-electron chi connectivity index (χ3n) is 2.04. The van der Waals surface area contributed by atoms with E-state index in [9.17, 15) is 4.79 Å². The van der Waals surface area contributed by atoms with Crippen LogP contribution in [0.4, 0.5) is 0 Å². The molecular weight excluding hydrogens is 312 g/mol. The summed E-state index contributed by atoms with van der Waals surface area (Å²) < 4.78 is 0.982. The van der Waals surface area contributed by atoms with Gasteiger partial charge < -0.3 is 5.32 Å². The number of carbonyl (C=O) groups excluding carboxylic acids is 1. The van der Waals surface area contributed by atoms with Crippen LogP contribution in [0.1, 0.15) is 23.2 Å². The van der Waals surface area contributed by atoms with Gasteiger partial charge in [0.1, 0.15) is 0 Å². The van der Waals surface area contributed by atoms with Gasteiger partial charge in [0.25, 0.3) is 5.91 Å². The molecule has 1 N–H and O–H groups in total. The lowest BCUT2D eigenvalue weighted by molar-refractivity contribution is 0.0951. The highest BCUT2D eigenvalue weighted by Gasteiger charge is 2.23. The Labute approximate surface area is 101 Å². The van der Waals surface area contributed by atoms with E-state index < -0.39 is 0 Å². The number of halogens is 2. The normalized spacial score (nSPS) is 15.3. The Morgan fingerprint density at radius 1 is 1.43 bits per heavy atom. The van der Waals surface area contributed by atoms with Crippen LogP contribution in [0.15, 0.2) is 18.2 Å². The van der Waals surface area contributed by atoms with Crippen molar-refractivity contribution in [2.45, 2.75) is 18.9 Å². The fourth-order valence-electron chi connectivity index (χ4n) is 1.18. The molecule has 1 aromatic carbocycles. The second kappa shape index (κ2) is 4.06. The standard InChI is InChI=1S/C10H9ClINO/c11-7-3-6(4-8(12)5-7)10(14)13-9-1-2-9/h3-5,9H,1-2H2,(H,13,14). The van der Waals surface area contributed by atoms with Crippen molar-refractivity contribution in [2.75, 3.05) is 0 Å². The number of carbonyl (C=O) groups is 1. The minimum absolute atomic E-state index is 0.0204. The van der Waals surface area contributed by atoms with Crippen molar-refractivity contribution in [3.05, 3.63) is 32.4 Å². The average molecular weight is 322 g/mol. The maximum Gasteiger partial charge on any atom is 0.251 e. The molecule has 0 atom stereocenters.